The number of hydrogen-bond donors (Lipinski definition) is 1. The zero-order valence-corrected chi connectivity index (χ0v) is 13.3. The number of esters is 1. The van der Waals surface area contributed by atoms with E-state index in [9.17, 15) is 4.79 Å². The van der Waals surface area contributed by atoms with Gasteiger partial charge in [-0.15, -0.1) is 0 Å². The predicted octanol–water partition coefficient (Wildman–Crippen LogP) is 2.76. The third kappa shape index (κ3) is 8.22. The van der Waals surface area contributed by atoms with Gasteiger partial charge >= 0.3 is 5.97 Å². The Bertz CT molecular complexity index is 244. The average molecular weight is 273 g/mol. The fraction of sp³-hybridized carbons (Fsp3) is 0.933. The molecule has 0 aromatic heterocycles. The second kappa shape index (κ2) is 10.2. The molecule has 0 amide bonds. The predicted molar refractivity (Wildman–Crippen MR) is 78.2 cm³/mol. The summed E-state index contributed by atoms with van der Waals surface area (Å²) in [5.41, 5.74) is -0.590. The molecule has 0 fully saturated rings. The van der Waals surface area contributed by atoms with Gasteiger partial charge in [0.2, 0.25) is 0 Å². The Morgan fingerprint density at radius 3 is 2.53 bits per heavy atom. The third-order valence-corrected chi connectivity index (χ3v) is 2.91. The number of carbonyl (C=O) groups excluding carboxylic acids is 1. The van der Waals surface area contributed by atoms with Crippen molar-refractivity contribution >= 4 is 5.97 Å². The molecule has 0 aliphatic carbocycles. The second-order valence-electron chi connectivity index (χ2n) is 5.55. The van der Waals surface area contributed by atoms with E-state index >= 15 is 0 Å². The molecule has 0 bridgehead atoms. The van der Waals surface area contributed by atoms with E-state index in [2.05, 4.69) is 26.1 Å². The maximum absolute atomic E-state index is 12.0. The van der Waals surface area contributed by atoms with Crippen molar-refractivity contribution in [2.24, 2.45) is 5.92 Å². The van der Waals surface area contributed by atoms with Gasteiger partial charge in [-0.2, -0.15) is 0 Å². The number of rotatable bonds is 11. The van der Waals surface area contributed by atoms with E-state index in [1.54, 1.807) is 0 Å². The zero-order chi connectivity index (χ0) is 14.7. The van der Waals surface area contributed by atoms with Gasteiger partial charge in [-0.25, -0.2) is 0 Å². The molecule has 0 aliphatic rings. The summed E-state index contributed by atoms with van der Waals surface area (Å²) in [5, 5.41) is 3.30. The lowest BCUT2D eigenvalue weighted by Gasteiger charge is -2.28. The molecule has 1 unspecified atom stereocenters. The molecule has 0 aromatic rings. The molecule has 0 radical (unpaired) electrons. The van der Waals surface area contributed by atoms with Gasteiger partial charge in [0.1, 0.15) is 5.54 Å². The second-order valence-corrected chi connectivity index (χ2v) is 5.55. The molecule has 114 valence electrons. The van der Waals surface area contributed by atoms with Crippen molar-refractivity contribution in [3.63, 3.8) is 0 Å². The largest absolute Gasteiger partial charge is 0.465 e. The molecule has 4 nitrogen and oxygen atoms in total. The van der Waals surface area contributed by atoms with Gasteiger partial charge in [-0.1, -0.05) is 20.8 Å². The van der Waals surface area contributed by atoms with Crippen LogP contribution in [0, 0.1) is 5.92 Å². The molecular weight excluding hydrogens is 242 g/mol. The van der Waals surface area contributed by atoms with Gasteiger partial charge in [0.25, 0.3) is 0 Å². The summed E-state index contributed by atoms with van der Waals surface area (Å²) in [6.45, 7) is 12.8. The summed E-state index contributed by atoms with van der Waals surface area (Å²) < 4.78 is 10.7. The fourth-order valence-electron chi connectivity index (χ4n) is 1.80. The summed E-state index contributed by atoms with van der Waals surface area (Å²) in [6, 6.07) is 0. The van der Waals surface area contributed by atoms with Crippen molar-refractivity contribution in [2.75, 3.05) is 26.4 Å². The van der Waals surface area contributed by atoms with Gasteiger partial charge in [-0.05, 0) is 45.6 Å². The highest BCUT2D eigenvalue weighted by molar-refractivity contribution is 5.80. The first-order valence-corrected chi connectivity index (χ1v) is 7.46. The number of nitrogens with one attached hydrogen (secondary N) is 1. The quantitative estimate of drug-likeness (QED) is 0.464. The van der Waals surface area contributed by atoms with Crippen molar-refractivity contribution < 1.29 is 14.3 Å². The van der Waals surface area contributed by atoms with Crippen LogP contribution in [0.4, 0.5) is 0 Å². The minimum atomic E-state index is -0.590. The van der Waals surface area contributed by atoms with Gasteiger partial charge in [0.05, 0.1) is 6.61 Å². The number of ether oxygens (including phenoxy) is 2. The standard InChI is InChI=1S/C15H31NO3/c1-6-10-16-15(5,14(17)19-7-2)9-8-11-18-12-13(3)4/h13,16H,6-12H2,1-5H3. The summed E-state index contributed by atoms with van der Waals surface area (Å²) in [5.74, 6) is 0.391. The molecule has 1 N–H and O–H groups in total. The topological polar surface area (TPSA) is 47.6 Å². The van der Waals surface area contributed by atoms with Gasteiger partial charge < -0.3 is 14.8 Å². The first kappa shape index (κ1) is 18.4. The van der Waals surface area contributed by atoms with Crippen molar-refractivity contribution in [1.82, 2.24) is 5.32 Å². The van der Waals surface area contributed by atoms with Crippen LogP contribution in [0.1, 0.15) is 53.9 Å². The average Bonchev–Trinajstić information content (AvgIpc) is 2.36. The van der Waals surface area contributed by atoms with Gasteiger partial charge in [0, 0.05) is 13.2 Å². The third-order valence-electron chi connectivity index (χ3n) is 2.91. The summed E-state index contributed by atoms with van der Waals surface area (Å²) in [4.78, 5) is 12.0. The number of carbonyl (C=O) groups is 1. The highest BCUT2D eigenvalue weighted by Crippen LogP contribution is 2.15. The Morgan fingerprint density at radius 1 is 1.32 bits per heavy atom. The van der Waals surface area contributed by atoms with Crippen LogP contribution in [0.15, 0.2) is 0 Å². The lowest BCUT2D eigenvalue weighted by atomic mass is 9.95. The monoisotopic (exact) mass is 273 g/mol. The van der Waals surface area contributed by atoms with Crippen LogP contribution in [-0.2, 0) is 14.3 Å². The van der Waals surface area contributed by atoms with E-state index in [0.29, 0.717) is 19.1 Å². The maximum Gasteiger partial charge on any atom is 0.326 e. The van der Waals surface area contributed by atoms with Crippen LogP contribution >= 0.6 is 0 Å². The normalized spacial score (nSPS) is 14.4. The van der Waals surface area contributed by atoms with E-state index in [0.717, 1.165) is 32.4 Å². The molecule has 0 heterocycles. The Hall–Kier alpha value is -0.610. The molecule has 0 spiro atoms. The Morgan fingerprint density at radius 2 is 2.00 bits per heavy atom. The maximum atomic E-state index is 12.0. The van der Waals surface area contributed by atoms with E-state index in [-0.39, 0.29) is 5.97 Å². The Balaban J connectivity index is 4.15. The zero-order valence-electron chi connectivity index (χ0n) is 13.3. The molecule has 0 saturated carbocycles. The lowest BCUT2D eigenvalue weighted by molar-refractivity contribution is -0.151. The molecular formula is C15H31NO3. The highest BCUT2D eigenvalue weighted by atomic mass is 16.5. The number of hydrogen-bond acceptors (Lipinski definition) is 4. The summed E-state index contributed by atoms with van der Waals surface area (Å²) in [7, 11) is 0. The molecule has 19 heavy (non-hydrogen) atoms. The first-order valence-electron chi connectivity index (χ1n) is 7.46. The summed E-state index contributed by atoms with van der Waals surface area (Å²) >= 11 is 0. The molecule has 1 atom stereocenters. The van der Waals surface area contributed by atoms with Crippen LogP contribution in [0.2, 0.25) is 0 Å². The smallest absolute Gasteiger partial charge is 0.326 e. The summed E-state index contributed by atoms with van der Waals surface area (Å²) in [6.07, 6.45) is 2.60. The molecule has 0 aliphatic heterocycles. The van der Waals surface area contributed by atoms with Crippen LogP contribution in [0.25, 0.3) is 0 Å². The Labute approximate surface area is 118 Å². The van der Waals surface area contributed by atoms with Gasteiger partial charge in [0.15, 0.2) is 0 Å². The molecule has 0 rings (SSSR count). The Kier molecular flexibility index (Phi) is 9.88. The highest BCUT2D eigenvalue weighted by Gasteiger charge is 2.33. The van der Waals surface area contributed by atoms with E-state index < -0.39 is 5.54 Å². The molecule has 0 saturated heterocycles. The van der Waals surface area contributed by atoms with Crippen LogP contribution in [0.3, 0.4) is 0 Å². The van der Waals surface area contributed by atoms with E-state index in [1.807, 2.05) is 13.8 Å². The van der Waals surface area contributed by atoms with Crippen molar-refractivity contribution in [3.8, 4) is 0 Å². The van der Waals surface area contributed by atoms with E-state index in [1.165, 1.54) is 0 Å². The van der Waals surface area contributed by atoms with Crippen molar-refractivity contribution in [2.45, 2.75) is 59.4 Å². The fourth-order valence-corrected chi connectivity index (χ4v) is 1.80. The van der Waals surface area contributed by atoms with Crippen molar-refractivity contribution in [1.29, 1.82) is 0 Å². The van der Waals surface area contributed by atoms with Crippen molar-refractivity contribution in [3.05, 3.63) is 0 Å². The molecule has 0 aromatic carbocycles. The minimum absolute atomic E-state index is 0.160. The van der Waals surface area contributed by atoms with Crippen LogP contribution < -0.4 is 5.32 Å². The minimum Gasteiger partial charge on any atom is -0.465 e. The SMILES string of the molecule is CCCNC(C)(CCCOCC(C)C)C(=O)OCC. The lowest BCUT2D eigenvalue weighted by Crippen LogP contribution is -2.50. The molecule has 4 heteroatoms. The first-order chi connectivity index (χ1) is 8.96. The van der Waals surface area contributed by atoms with Crippen LogP contribution in [-0.4, -0.2) is 37.9 Å². The van der Waals surface area contributed by atoms with Gasteiger partial charge in [-0.3, -0.25) is 4.79 Å². The van der Waals surface area contributed by atoms with E-state index in [4.69, 9.17) is 9.47 Å². The van der Waals surface area contributed by atoms with Crippen LogP contribution in [0.5, 0.6) is 0 Å².